The van der Waals surface area contributed by atoms with E-state index < -0.39 is 9.84 Å². The molecule has 2 aliphatic heterocycles. The Kier molecular flexibility index (Phi) is 6.03. The lowest BCUT2D eigenvalue weighted by Crippen LogP contribution is -2.55. The van der Waals surface area contributed by atoms with Crippen LogP contribution in [0.5, 0.6) is 0 Å². The Hall–Kier alpha value is -1.31. The van der Waals surface area contributed by atoms with Crippen molar-refractivity contribution >= 4 is 33.0 Å². The molecule has 0 unspecified atom stereocenters. The summed E-state index contributed by atoms with van der Waals surface area (Å²) in [4.78, 5) is 19.0. The van der Waals surface area contributed by atoms with Gasteiger partial charge in [0.1, 0.15) is 0 Å². The Morgan fingerprint density at radius 3 is 2.52 bits per heavy atom. The topological polar surface area (TPSA) is 60.9 Å². The lowest BCUT2D eigenvalue weighted by molar-refractivity contribution is -0.136. The van der Waals surface area contributed by atoms with Gasteiger partial charge in [-0.25, -0.2) is 8.42 Å². The molecular formula is C19H28ClN3O3S. The predicted molar refractivity (Wildman–Crippen MR) is 109 cm³/mol. The standard InChI is InChI=1S/C19H28ClN3O3S/c1-14-4-5-16(20)12-18(14)23-9-7-22(8-10-23)15(2)19(24)21(3)17-6-11-27(25,26)13-17/h4-5,12,15,17H,6-11,13H2,1-3H3/t15-,17-/m0/s1. The normalized spacial score (nSPS) is 24.0. The van der Waals surface area contributed by atoms with Gasteiger partial charge in [0.05, 0.1) is 17.5 Å². The zero-order chi connectivity index (χ0) is 19.8. The minimum Gasteiger partial charge on any atom is -0.369 e. The summed E-state index contributed by atoms with van der Waals surface area (Å²) in [6, 6.07) is 5.48. The van der Waals surface area contributed by atoms with Crippen molar-refractivity contribution in [2.75, 3.05) is 49.6 Å². The van der Waals surface area contributed by atoms with E-state index in [-0.39, 0.29) is 29.5 Å². The second-order valence-electron chi connectivity index (χ2n) is 7.64. The summed E-state index contributed by atoms with van der Waals surface area (Å²) in [6.45, 7) is 7.24. The molecule has 0 aliphatic carbocycles. The number of anilines is 1. The third-order valence-electron chi connectivity index (χ3n) is 5.83. The summed E-state index contributed by atoms with van der Waals surface area (Å²) in [5.74, 6) is 0.273. The Labute approximate surface area is 167 Å². The maximum absolute atomic E-state index is 12.8. The van der Waals surface area contributed by atoms with Gasteiger partial charge >= 0.3 is 0 Å². The van der Waals surface area contributed by atoms with Gasteiger partial charge in [0.15, 0.2) is 9.84 Å². The number of piperazine rings is 1. The summed E-state index contributed by atoms with van der Waals surface area (Å²) in [7, 11) is -1.26. The first kappa shape index (κ1) is 20.4. The molecule has 0 bridgehead atoms. The summed E-state index contributed by atoms with van der Waals surface area (Å²) >= 11 is 6.14. The van der Waals surface area contributed by atoms with Crippen LogP contribution in [0.1, 0.15) is 18.9 Å². The van der Waals surface area contributed by atoms with Crippen LogP contribution in [0.15, 0.2) is 18.2 Å². The van der Waals surface area contributed by atoms with Crippen molar-refractivity contribution in [3.05, 3.63) is 28.8 Å². The third kappa shape index (κ3) is 4.58. The molecule has 2 aliphatic rings. The van der Waals surface area contributed by atoms with Gasteiger partial charge in [0.25, 0.3) is 0 Å². The zero-order valence-corrected chi connectivity index (χ0v) is 17.8. The van der Waals surface area contributed by atoms with Crippen LogP contribution in [0.25, 0.3) is 0 Å². The molecular weight excluding hydrogens is 386 g/mol. The minimum atomic E-state index is -3.00. The van der Waals surface area contributed by atoms with Crippen LogP contribution in [-0.4, -0.2) is 80.9 Å². The number of sulfone groups is 1. The van der Waals surface area contributed by atoms with E-state index in [9.17, 15) is 13.2 Å². The van der Waals surface area contributed by atoms with Gasteiger partial charge in [-0.15, -0.1) is 0 Å². The van der Waals surface area contributed by atoms with E-state index in [4.69, 9.17) is 11.6 Å². The smallest absolute Gasteiger partial charge is 0.239 e. The van der Waals surface area contributed by atoms with Gasteiger partial charge in [-0.1, -0.05) is 17.7 Å². The molecule has 2 atom stereocenters. The van der Waals surface area contributed by atoms with Crippen molar-refractivity contribution in [1.29, 1.82) is 0 Å². The van der Waals surface area contributed by atoms with Crippen molar-refractivity contribution in [3.8, 4) is 0 Å². The number of carbonyl (C=O) groups excluding carboxylic acids is 1. The third-order valence-corrected chi connectivity index (χ3v) is 7.82. The van der Waals surface area contributed by atoms with Crippen molar-refractivity contribution in [2.45, 2.75) is 32.4 Å². The van der Waals surface area contributed by atoms with Gasteiger partial charge in [0.2, 0.25) is 5.91 Å². The minimum absolute atomic E-state index is 0.00415. The highest BCUT2D eigenvalue weighted by Gasteiger charge is 2.36. The van der Waals surface area contributed by atoms with E-state index in [1.807, 2.05) is 25.1 Å². The number of hydrogen-bond donors (Lipinski definition) is 0. The van der Waals surface area contributed by atoms with Crippen molar-refractivity contribution in [3.63, 3.8) is 0 Å². The van der Waals surface area contributed by atoms with Crippen LogP contribution in [0.2, 0.25) is 5.02 Å². The number of rotatable bonds is 4. The van der Waals surface area contributed by atoms with Gasteiger partial charge in [-0.05, 0) is 38.0 Å². The molecule has 2 fully saturated rings. The second-order valence-corrected chi connectivity index (χ2v) is 10.3. The van der Waals surface area contributed by atoms with Gasteiger partial charge < -0.3 is 9.80 Å². The van der Waals surface area contributed by atoms with E-state index in [1.165, 1.54) is 5.56 Å². The molecule has 1 amide bonds. The van der Waals surface area contributed by atoms with Gasteiger partial charge in [-0.3, -0.25) is 9.69 Å². The molecule has 0 saturated carbocycles. The average Bonchev–Trinajstić information content (AvgIpc) is 3.02. The predicted octanol–water partition coefficient (Wildman–Crippen LogP) is 1.80. The SMILES string of the molecule is Cc1ccc(Cl)cc1N1CCN([C@@H](C)C(=O)N(C)[C@H]2CCS(=O)(=O)C2)CC1. The molecule has 150 valence electrons. The Balaban J connectivity index is 1.58. The first-order chi connectivity index (χ1) is 12.7. The van der Waals surface area contributed by atoms with Crippen LogP contribution in [0, 0.1) is 6.92 Å². The Morgan fingerprint density at radius 2 is 1.93 bits per heavy atom. The Bertz CT molecular complexity index is 806. The largest absolute Gasteiger partial charge is 0.369 e. The van der Waals surface area contributed by atoms with Crippen molar-refractivity contribution in [1.82, 2.24) is 9.80 Å². The van der Waals surface area contributed by atoms with Crippen molar-refractivity contribution in [2.24, 2.45) is 0 Å². The summed E-state index contributed by atoms with van der Waals surface area (Å²) < 4.78 is 23.4. The fraction of sp³-hybridized carbons (Fsp3) is 0.632. The number of carbonyl (C=O) groups is 1. The lowest BCUT2D eigenvalue weighted by Gasteiger charge is -2.40. The molecule has 2 saturated heterocycles. The van der Waals surface area contributed by atoms with Crippen LogP contribution in [0.3, 0.4) is 0 Å². The van der Waals surface area contributed by atoms with E-state index >= 15 is 0 Å². The highest BCUT2D eigenvalue weighted by Crippen LogP contribution is 2.26. The fourth-order valence-electron chi connectivity index (χ4n) is 3.99. The summed E-state index contributed by atoms with van der Waals surface area (Å²) in [5, 5.41) is 0.731. The average molecular weight is 414 g/mol. The number of likely N-dealkylation sites (N-methyl/N-ethyl adjacent to an activating group) is 1. The fourth-order valence-corrected chi connectivity index (χ4v) is 5.93. The molecule has 0 radical (unpaired) electrons. The lowest BCUT2D eigenvalue weighted by atomic mass is 10.1. The molecule has 2 heterocycles. The molecule has 3 rings (SSSR count). The number of amides is 1. The number of benzene rings is 1. The molecule has 0 spiro atoms. The molecule has 0 N–H and O–H groups in total. The van der Waals surface area contributed by atoms with E-state index in [2.05, 4.69) is 16.7 Å². The first-order valence-corrected chi connectivity index (χ1v) is 11.6. The van der Waals surface area contributed by atoms with Gasteiger partial charge in [-0.2, -0.15) is 0 Å². The van der Waals surface area contributed by atoms with E-state index in [0.717, 1.165) is 36.9 Å². The number of hydrogen-bond acceptors (Lipinski definition) is 5. The quantitative estimate of drug-likeness (QED) is 0.753. The molecule has 1 aromatic rings. The number of aryl methyl sites for hydroxylation is 1. The first-order valence-electron chi connectivity index (χ1n) is 9.40. The Morgan fingerprint density at radius 1 is 1.26 bits per heavy atom. The highest BCUT2D eigenvalue weighted by molar-refractivity contribution is 7.91. The molecule has 6 nitrogen and oxygen atoms in total. The number of halogens is 1. The highest BCUT2D eigenvalue weighted by atomic mass is 35.5. The maximum Gasteiger partial charge on any atom is 0.239 e. The zero-order valence-electron chi connectivity index (χ0n) is 16.2. The number of nitrogens with zero attached hydrogens (tertiary/aromatic N) is 3. The molecule has 8 heteroatoms. The van der Waals surface area contributed by atoms with E-state index in [0.29, 0.717) is 6.42 Å². The molecule has 0 aromatic heterocycles. The summed E-state index contributed by atoms with van der Waals surface area (Å²) in [6.07, 6.45) is 0.541. The van der Waals surface area contributed by atoms with E-state index in [1.54, 1.807) is 11.9 Å². The van der Waals surface area contributed by atoms with Crippen molar-refractivity contribution < 1.29 is 13.2 Å². The van der Waals surface area contributed by atoms with Gasteiger partial charge in [0, 0.05) is 50.0 Å². The van der Waals surface area contributed by atoms with Crippen LogP contribution in [-0.2, 0) is 14.6 Å². The second kappa shape index (κ2) is 7.97. The molecule has 27 heavy (non-hydrogen) atoms. The monoisotopic (exact) mass is 413 g/mol. The van der Waals surface area contributed by atoms with Crippen LogP contribution in [0.4, 0.5) is 5.69 Å². The maximum atomic E-state index is 12.8. The van der Waals surface area contributed by atoms with Crippen LogP contribution < -0.4 is 4.90 Å². The van der Waals surface area contributed by atoms with Crippen LogP contribution >= 0.6 is 11.6 Å². The summed E-state index contributed by atoms with van der Waals surface area (Å²) in [5.41, 5.74) is 2.34. The molecule has 1 aromatic carbocycles.